The van der Waals surface area contributed by atoms with Gasteiger partial charge in [0.15, 0.2) is 0 Å². The predicted octanol–water partition coefficient (Wildman–Crippen LogP) is 2.79. The van der Waals surface area contributed by atoms with E-state index in [-0.39, 0.29) is 11.9 Å². The molecule has 2 N–H and O–H groups in total. The van der Waals surface area contributed by atoms with Gasteiger partial charge in [-0.15, -0.1) is 0 Å². The highest BCUT2D eigenvalue weighted by Gasteiger charge is 2.13. The maximum absolute atomic E-state index is 12.8. The van der Waals surface area contributed by atoms with Crippen molar-refractivity contribution in [2.45, 2.75) is 32.7 Å². The predicted molar refractivity (Wildman–Crippen MR) is 70.8 cm³/mol. The Bertz CT molecular complexity index is 522. The highest BCUT2D eigenvalue weighted by Crippen LogP contribution is 2.17. The van der Waals surface area contributed by atoms with Crippen LogP contribution >= 0.6 is 0 Å². The van der Waals surface area contributed by atoms with Crippen molar-refractivity contribution in [3.05, 3.63) is 36.0 Å². The fourth-order valence-corrected chi connectivity index (χ4v) is 1.97. The number of hydrogen-bond donors (Lipinski definition) is 1. The van der Waals surface area contributed by atoms with Crippen LogP contribution in [-0.4, -0.2) is 16.2 Å². The topological polar surface area (TPSA) is 64.9 Å². The molecule has 1 aromatic carbocycles. The summed E-state index contributed by atoms with van der Waals surface area (Å²) in [7, 11) is 0. The average Bonchev–Trinajstić information content (AvgIpc) is 2.77. The van der Waals surface area contributed by atoms with E-state index in [1.165, 1.54) is 12.1 Å². The average molecular weight is 263 g/mol. The van der Waals surface area contributed by atoms with E-state index in [2.05, 4.69) is 24.0 Å². The zero-order chi connectivity index (χ0) is 13.8. The second-order valence-corrected chi connectivity index (χ2v) is 5.11. The fraction of sp³-hybridized carbons (Fsp3) is 0.429. The molecule has 0 aliphatic heterocycles. The molecule has 0 saturated heterocycles. The van der Waals surface area contributed by atoms with Gasteiger partial charge in [0.1, 0.15) is 5.82 Å². The molecule has 102 valence electrons. The van der Waals surface area contributed by atoms with Gasteiger partial charge in [0.05, 0.1) is 0 Å². The lowest BCUT2D eigenvalue weighted by atomic mass is 10.0. The second kappa shape index (κ2) is 5.93. The van der Waals surface area contributed by atoms with E-state index >= 15 is 0 Å². The Kier molecular flexibility index (Phi) is 4.27. The summed E-state index contributed by atoms with van der Waals surface area (Å²) in [5, 5.41) is 3.88. The van der Waals surface area contributed by atoms with Crippen molar-refractivity contribution in [1.29, 1.82) is 0 Å². The quantitative estimate of drug-likeness (QED) is 0.900. The maximum Gasteiger partial charge on any atom is 0.228 e. The van der Waals surface area contributed by atoms with Crippen molar-refractivity contribution in [3.8, 4) is 11.4 Å². The van der Waals surface area contributed by atoms with Crippen LogP contribution in [0.5, 0.6) is 0 Å². The fourth-order valence-electron chi connectivity index (χ4n) is 1.97. The van der Waals surface area contributed by atoms with Gasteiger partial charge >= 0.3 is 0 Å². The van der Waals surface area contributed by atoms with Gasteiger partial charge in [-0.05, 0) is 36.6 Å². The summed E-state index contributed by atoms with van der Waals surface area (Å²) < 4.78 is 18.0. The lowest BCUT2D eigenvalue weighted by Crippen LogP contribution is -2.24. The van der Waals surface area contributed by atoms with E-state index in [9.17, 15) is 4.39 Å². The zero-order valence-electron chi connectivity index (χ0n) is 11.1. The summed E-state index contributed by atoms with van der Waals surface area (Å²) in [6.07, 6.45) is 1.47. The molecular formula is C14H18FN3O. The second-order valence-electron chi connectivity index (χ2n) is 5.11. The molecule has 0 aliphatic carbocycles. The van der Waals surface area contributed by atoms with E-state index in [0.29, 0.717) is 24.1 Å². The lowest BCUT2D eigenvalue weighted by Gasteiger charge is -2.10. The molecule has 0 saturated carbocycles. The van der Waals surface area contributed by atoms with Crippen molar-refractivity contribution in [2.24, 2.45) is 11.7 Å². The van der Waals surface area contributed by atoms with Crippen LogP contribution in [0.1, 0.15) is 26.2 Å². The lowest BCUT2D eigenvalue weighted by molar-refractivity contribution is 0.359. The van der Waals surface area contributed by atoms with E-state index in [1.54, 1.807) is 12.1 Å². The van der Waals surface area contributed by atoms with Gasteiger partial charge < -0.3 is 10.3 Å². The van der Waals surface area contributed by atoms with E-state index < -0.39 is 0 Å². The minimum atomic E-state index is -0.286. The number of halogens is 1. The molecule has 0 bridgehead atoms. The Morgan fingerprint density at radius 1 is 1.26 bits per heavy atom. The Hall–Kier alpha value is -1.75. The minimum absolute atomic E-state index is 0.0153. The molecular weight excluding hydrogens is 245 g/mol. The van der Waals surface area contributed by atoms with Crippen LogP contribution in [0.3, 0.4) is 0 Å². The number of aromatic nitrogens is 2. The van der Waals surface area contributed by atoms with Crippen LogP contribution in [0.25, 0.3) is 11.4 Å². The molecule has 0 amide bonds. The van der Waals surface area contributed by atoms with Gasteiger partial charge in [-0.1, -0.05) is 19.0 Å². The molecule has 2 rings (SSSR count). The van der Waals surface area contributed by atoms with Crippen LogP contribution in [0.15, 0.2) is 28.8 Å². The highest BCUT2D eigenvalue weighted by atomic mass is 19.1. The normalized spacial score (nSPS) is 12.9. The van der Waals surface area contributed by atoms with Crippen molar-refractivity contribution >= 4 is 0 Å². The first kappa shape index (κ1) is 13.7. The van der Waals surface area contributed by atoms with Crippen molar-refractivity contribution in [2.75, 3.05) is 0 Å². The Morgan fingerprint density at radius 3 is 2.58 bits per heavy atom. The maximum atomic E-state index is 12.8. The Morgan fingerprint density at radius 2 is 1.95 bits per heavy atom. The first-order valence-corrected chi connectivity index (χ1v) is 6.38. The number of rotatable bonds is 5. The summed E-state index contributed by atoms with van der Waals surface area (Å²) in [5.74, 6) is 1.24. The van der Waals surface area contributed by atoms with Gasteiger partial charge in [-0.25, -0.2) is 4.39 Å². The molecule has 1 atom stereocenters. The first-order valence-electron chi connectivity index (χ1n) is 6.38. The largest absolute Gasteiger partial charge is 0.339 e. The van der Waals surface area contributed by atoms with E-state index in [4.69, 9.17) is 10.3 Å². The van der Waals surface area contributed by atoms with Crippen LogP contribution in [0.4, 0.5) is 4.39 Å². The molecule has 4 nitrogen and oxygen atoms in total. The number of nitrogens with two attached hydrogens (primary N) is 1. The molecule has 0 spiro atoms. The van der Waals surface area contributed by atoms with Crippen LogP contribution in [0.2, 0.25) is 0 Å². The van der Waals surface area contributed by atoms with Crippen molar-refractivity contribution < 1.29 is 8.91 Å². The van der Waals surface area contributed by atoms with Crippen LogP contribution in [0, 0.1) is 11.7 Å². The summed E-state index contributed by atoms with van der Waals surface area (Å²) >= 11 is 0. The van der Waals surface area contributed by atoms with Gasteiger partial charge in [-0.2, -0.15) is 4.98 Å². The van der Waals surface area contributed by atoms with E-state index in [0.717, 1.165) is 12.0 Å². The molecule has 5 heteroatoms. The highest BCUT2D eigenvalue weighted by molar-refractivity contribution is 5.53. The molecule has 0 fully saturated rings. The Balaban J connectivity index is 2.04. The van der Waals surface area contributed by atoms with Gasteiger partial charge in [0, 0.05) is 18.0 Å². The van der Waals surface area contributed by atoms with Crippen LogP contribution in [-0.2, 0) is 6.42 Å². The van der Waals surface area contributed by atoms with Crippen molar-refractivity contribution in [3.63, 3.8) is 0 Å². The van der Waals surface area contributed by atoms with Gasteiger partial charge in [0.2, 0.25) is 11.7 Å². The van der Waals surface area contributed by atoms with Crippen LogP contribution < -0.4 is 5.73 Å². The summed E-state index contributed by atoms with van der Waals surface area (Å²) in [4.78, 5) is 4.28. The monoisotopic (exact) mass is 263 g/mol. The third-order valence-corrected chi connectivity index (χ3v) is 2.78. The van der Waals surface area contributed by atoms with E-state index in [1.807, 2.05) is 0 Å². The molecule has 1 aromatic heterocycles. The molecule has 19 heavy (non-hydrogen) atoms. The zero-order valence-corrected chi connectivity index (χ0v) is 11.1. The van der Waals surface area contributed by atoms with Gasteiger partial charge in [-0.3, -0.25) is 0 Å². The number of hydrogen-bond acceptors (Lipinski definition) is 4. The van der Waals surface area contributed by atoms with Gasteiger partial charge in [0.25, 0.3) is 0 Å². The molecule has 2 aromatic rings. The summed E-state index contributed by atoms with van der Waals surface area (Å²) in [5.41, 5.74) is 6.73. The molecule has 0 aliphatic rings. The third-order valence-electron chi connectivity index (χ3n) is 2.78. The third kappa shape index (κ3) is 3.86. The minimum Gasteiger partial charge on any atom is -0.339 e. The first-order chi connectivity index (χ1) is 9.04. The SMILES string of the molecule is CC(C)CC(N)Cc1nc(-c2ccc(F)cc2)no1. The standard InChI is InChI=1S/C14H18FN3O/c1-9(2)7-12(16)8-13-17-14(18-19-13)10-3-5-11(15)6-4-10/h3-6,9,12H,7-8,16H2,1-2H3. The summed E-state index contributed by atoms with van der Waals surface area (Å²) in [6, 6.07) is 6.00. The molecule has 0 radical (unpaired) electrons. The van der Waals surface area contributed by atoms with Crippen molar-refractivity contribution in [1.82, 2.24) is 10.1 Å². The Labute approximate surface area is 111 Å². The molecule has 1 unspecified atom stereocenters. The number of benzene rings is 1. The summed E-state index contributed by atoms with van der Waals surface area (Å²) in [6.45, 7) is 4.25. The number of nitrogens with zero attached hydrogens (tertiary/aromatic N) is 2. The molecule has 1 heterocycles. The smallest absolute Gasteiger partial charge is 0.228 e.